The van der Waals surface area contributed by atoms with Crippen molar-refractivity contribution in [3.05, 3.63) is 24.3 Å². The predicted octanol–water partition coefficient (Wildman–Crippen LogP) is 3.81. The SMILES string of the molecule is CC(C)OC(=O)[C@@H]1C=C/C=C\[C@@H](C(=O)OC(C)C)CCCC1. The summed E-state index contributed by atoms with van der Waals surface area (Å²) < 4.78 is 10.5. The lowest BCUT2D eigenvalue weighted by atomic mass is 9.94. The van der Waals surface area contributed by atoms with Crippen LogP contribution in [-0.2, 0) is 19.1 Å². The first-order valence-corrected chi connectivity index (χ1v) is 8.16. The number of rotatable bonds is 4. The van der Waals surface area contributed by atoms with Gasteiger partial charge in [-0.1, -0.05) is 37.1 Å². The monoisotopic (exact) mass is 308 g/mol. The van der Waals surface area contributed by atoms with Crippen molar-refractivity contribution >= 4 is 11.9 Å². The van der Waals surface area contributed by atoms with Crippen LogP contribution in [0.4, 0.5) is 0 Å². The van der Waals surface area contributed by atoms with E-state index in [4.69, 9.17) is 9.47 Å². The summed E-state index contributed by atoms with van der Waals surface area (Å²) in [6.07, 6.45) is 10.5. The van der Waals surface area contributed by atoms with Crippen molar-refractivity contribution < 1.29 is 19.1 Å². The molecule has 0 fully saturated rings. The Morgan fingerprint density at radius 2 is 1.18 bits per heavy atom. The van der Waals surface area contributed by atoms with Crippen molar-refractivity contribution in [2.75, 3.05) is 0 Å². The first kappa shape index (κ1) is 18.5. The topological polar surface area (TPSA) is 52.6 Å². The van der Waals surface area contributed by atoms with Gasteiger partial charge in [0, 0.05) is 0 Å². The van der Waals surface area contributed by atoms with Gasteiger partial charge in [0.25, 0.3) is 0 Å². The lowest BCUT2D eigenvalue weighted by Crippen LogP contribution is -2.21. The third-order valence-electron chi connectivity index (χ3n) is 3.39. The van der Waals surface area contributed by atoms with Crippen molar-refractivity contribution in [1.82, 2.24) is 0 Å². The van der Waals surface area contributed by atoms with Crippen LogP contribution < -0.4 is 0 Å². The number of allylic oxidation sites excluding steroid dienone is 2. The number of carbonyl (C=O) groups is 2. The second-order valence-corrected chi connectivity index (χ2v) is 6.24. The van der Waals surface area contributed by atoms with Gasteiger partial charge >= 0.3 is 11.9 Å². The predicted molar refractivity (Wildman–Crippen MR) is 86.2 cm³/mol. The largest absolute Gasteiger partial charge is 0.463 e. The van der Waals surface area contributed by atoms with E-state index >= 15 is 0 Å². The zero-order valence-corrected chi connectivity index (χ0v) is 14.1. The highest BCUT2D eigenvalue weighted by Gasteiger charge is 2.21. The van der Waals surface area contributed by atoms with Gasteiger partial charge in [-0.05, 0) is 40.5 Å². The molecule has 4 nitrogen and oxygen atoms in total. The van der Waals surface area contributed by atoms with Gasteiger partial charge in [0.05, 0.1) is 24.0 Å². The minimum atomic E-state index is -0.203. The van der Waals surface area contributed by atoms with Crippen LogP contribution in [0.25, 0.3) is 0 Å². The fourth-order valence-electron chi connectivity index (χ4n) is 2.35. The molecule has 2 atom stereocenters. The van der Waals surface area contributed by atoms with E-state index in [-0.39, 0.29) is 36.0 Å². The molecule has 0 aliphatic heterocycles. The quantitative estimate of drug-likeness (QED) is 0.741. The van der Waals surface area contributed by atoms with Crippen LogP contribution in [0.3, 0.4) is 0 Å². The molecule has 0 aromatic heterocycles. The molecule has 0 unspecified atom stereocenters. The van der Waals surface area contributed by atoms with Crippen molar-refractivity contribution in [2.24, 2.45) is 11.8 Å². The fraction of sp³-hybridized carbons (Fsp3) is 0.667. The summed E-state index contributed by atoms with van der Waals surface area (Å²) in [5, 5.41) is 0. The molecule has 124 valence electrons. The van der Waals surface area contributed by atoms with Crippen molar-refractivity contribution in [3.8, 4) is 0 Å². The standard InChI is InChI=1S/C18H28O4/c1-13(2)21-17(19)15-9-5-7-11-16(12-8-6-10-15)18(20)22-14(3)4/h5,7,9,11,13-16H,6,8,10,12H2,1-4H3/b9-5-,11-7?/t15-,16-/m1/s1. The Bertz CT molecular complexity index is 381. The highest BCUT2D eigenvalue weighted by atomic mass is 16.5. The minimum Gasteiger partial charge on any atom is -0.463 e. The molecule has 0 radical (unpaired) electrons. The smallest absolute Gasteiger partial charge is 0.313 e. The number of carbonyl (C=O) groups excluding carboxylic acids is 2. The van der Waals surface area contributed by atoms with Gasteiger partial charge in [0.1, 0.15) is 0 Å². The Kier molecular flexibility index (Phi) is 7.92. The summed E-state index contributed by atoms with van der Waals surface area (Å²) in [6.45, 7) is 7.42. The summed E-state index contributed by atoms with van der Waals surface area (Å²) in [4.78, 5) is 24.0. The van der Waals surface area contributed by atoms with Gasteiger partial charge in [-0.2, -0.15) is 0 Å². The Morgan fingerprint density at radius 1 is 0.818 bits per heavy atom. The Balaban J connectivity index is 2.68. The molecular formula is C18H28O4. The molecule has 0 heterocycles. The maximum absolute atomic E-state index is 12.0. The zero-order valence-electron chi connectivity index (χ0n) is 14.1. The molecule has 0 amide bonds. The van der Waals surface area contributed by atoms with Crippen LogP contribution in [0.1, 0.15) is 53.4 Å². The molecule has 0 bridgehead atoms. The molecule has 0 saturated carbocycles. The van der Waals surface area contributed by atoms with E-state index in [9.17, 15) is 9.59 Å². The van der Waals surface area contributed by atoms with Gasteiger partial charge in [-0.3, -0.25) is 9.59 Å². The second kappa shape index (κ2) is 9.44. The highest BCUT2D eigenvalue weighted by Crippen LogP contribution is 2.20. The van der Waals surface area contributed by atoms with Gasteiger partial charge in [-0.25, -0.2) is 0 Å². The third kappa shape index (κ3) is 6.92. The van der Waals surface area contributed by atoms with E-state index in [0.717, 1.165) is 25.7 Å². The highest BCUT2D eigenvalue weighted by molar-refractivity contribution is 5.75. The molecule has 0 spiro atoms. The van der Waals surface area contributed by atoms with Gasteiger partial charge in [-0.15, -0.1) is 0 Å². The van der Waals surface area contributed by atoms with E-state index in [1.54, 1.807) is 0 Å². The minimum absolute atomic E-state index is 0.0953. The van der Waals surface area contributed by atoms with Crippen LogP contribution in [0, 0.1) is 11.8 Å². The molecule has 1 aliphatic rings. The Hall–Kier alpha value is -1.58. The molecule has 22 heavy (non-hydrogen) atoms. The second-order valence-electron chi connectivity index (χ2n) is 6.24. The van der Waals surface area contributed by atoms with Crippen LogP contribution in [0.5, 0.6) is 0 Å². The van der Waals surface area contributed by atoms with E-state index in [2.05, 4.69) is 0 Å². The maximum atomic E-state index is 12.0. The lowest BCUT2D eigenvalue weighted by molar-refractivity contribution is -0.152. The Labute approximate surface area is 133 Å². The molecule has 0 N–H and O–H groups in total. The average Bonchev–Trinajstić information content (AvgIpc) is 2.42. The molecule has 1 rings (SSSR count). The number of hydrogen-bond donors (Lipinski definition) is 0. The van der Waals surface area contributed by atoms with Gasteiger partial charge in [0.15, 0.2) is 0 Å². The first-order valence-electron chi connectivity index (χ1n) is 8.16. The van der Waals surface area contributed by atoms with Crippen molar-refractivity contribution in [1.29, 1.82) is 0 Å². The van der Waals surface area contributed by atoms with E-state index < -0.39 is 0 Å². The molecule has 0 saturated heterocycles. The normalized spacial score (nSPS) is 24.1. The van der Waals surface area contributed by atoms with Crippen LogP contribution in [0.2, 0.25) is 0 Å². The average molecular weight is 308 g/mol. The van der Waals surface area contributed by atoms with Crippen molar-refractivity contribution in [2.45, 2.75) is 65.6 Å². The van der Waals surface area contributed by atoms with E-state index in [1.807, 2.05) is 52.0 Å². The fourth-order valence-corrected chi connectivity index (χ4v) is 2.35. The van der Waals surface area contributed by atoms with Crippen LogP contribution in [-0.4, -0.2) is 24.1 Å². The molecule has 4 heteroatoms. The Morgan fingerprint density at radius 3 is 1.50 bits per heavy atom. The maximum Gasteiger partial charge on any atom is 0.313 e. The third-order valence-corrected chi connectivity index (χ3v) is 3.39. The van der Waals surface area contributed by atoms with Gasteiger partial charge in [0.2, 0.25) is 0 Å². The number of ether oxygens (including phenoxy) is 2. The summed E-state index contributed by atoms with van der Waals surface area (Å²) in [5.41, 5.74) is 0. The molecular weight excluding hydrogens is 280 g/mol. The number of hydrogen-bond acceptors (Lipinski definition) is 4. The summed E-state index contributed by atoms with van der Waals surface area (Å²) >= 11 is 0. The van der Waals surface area contributed by atoms with Gasteiger partial charge < -0.3 is 9.47 Å². The summed E-state index contributed by atoms with van der Waals surface area (Å²) in [6, 6.07) is 0. The molecule has 0 aromatic carbocycles. The number of esters is 2. The van der Waals surface area contributed by atoms with E-state index in [0.29, 0.717) is 0 Å². The van der Waals surface area contributed by atoms with E-state index in [1.165, 1.54) is 0 Å². The molecule has 1 aliphatic carbocycles. The lowest BCUT2D eigenvalue weighted by Gasteiger charge is -2.17. The molecule has 0 aromatic rings. The van der Waals surface area contributed by atoms with Crippen molar-refractivity contribution in [3.63, 3.8) is 0 Å². The van der Waals surface area contributed by atoms with Crippen LogP contribution in [0.15, 0.2) is 24.3 Å². The summed E-state index contributed by atoms with van der Waals surface area (Å²) in [7, 11) is 0. The first-order chi connectivity index (χ1) is 10.4. The van der Waals surface area contributed by atoms with Crippen LogP contribution >= 0.6 is 0 Å². The summed E-state index contributed by atoms with van der Waals surface area (Å²) in [5.74, 6) is -0.746. The zero-order chi connectivity index (χ0) is 16.5.